The van der Waals surface area contributed by atoms with Crippen LogP contribution in [0.5, 0.6) is 17.2 Å². The summed E-state index contributed by atoms with van der Waals surface area (Å²) < 4.78 is 15.9. The van der Waals surface area contributed by atoms with Crippen LogP contribution in [0, 0.1) is 0 Å². The second kappa shape index (κ2) is 8.63. The number of carbonyl (C=O) groups excluding carboxylic acids is 1. The number of carbonyl (C=O) groups is 1. The summed E-state index contributed by atoms with van der Waals surface area (Å²) in [5.74, 6) is 1.44. The van der Waals surface area contributed by atoms with E-state index in [9.17, 15) is 4.79 Å². The first-order valence-electron chi connectivity index (χ1n) is 7.66. The van der Waals surface area contributed by atoms with E-state index in [1.54, 1.807) is 51.6 Å². The maximum absolute atomic E-state index is 12.1. The first kappa shape index (κ1) is 18.2. The fourth-order valence-corrected chi connectivity index (χ4v) is 2.27. The van der Waals surface area contributed by atoms with Crippen LogP contribution in [0.25, 0.3) is 6.08 Å². The van der Waals surface area contributed by atoms with Crippen molar-refractivity contribution in [3.63, 3.8) is 0 Å². The van der Waals surface area contributed by atoms with Gasteiger partial charge in [-0.25, -0.2) is 0 Å². The Morgan fingerprint density at radius 1 is 0.960 bits per heavy atom. The molecule has 0 saturated carbocycles. The van der Waals surface area contributed by atoms with Crippen molar-refractivity contribution in [2.45, 2.75) is 0 Å². The molecule has 0 aliphatic rings. The van der Waals surface area contributed by atoms with E-state index in [1.165, 1.54) is 6.08 Å². The fourth-order valence-electron chi connectivity index (χ4n) is 2.27. The van der Waals surface area contributed by atoms with Crippen molar-refractivity contribution in [2.24, 2.45) is 0 Å². The van der Waals surface area contributed by atoms with E-state index in [2.05, 4.69) is 5.43 Å². The van der Waals surface area contributed by atoms with Gasteiger partial charge in [0.05, 0.1) is 27.0 Å². The maximum Gasteiger partial charge on any atom is 0.262 e. The lowest BCUT2D eigenvalue weighted by molar-refractivity contribution is -0.116. The molecular formula is C19H22N2O4. The highest BCUT2D eigenvalue weighted by molar-refractivity contribution is 5.93. The first-order chi connectivity index (χ1) is 12.1. The Kier molecular flexibility index (Phi) is 6.28. The van der Waals surface area contributed by atoms with E-state index in [0.717, 1.165) is 5.69 Å². The summed E-state index contributed by atoms with van der Waals surface area (Å²) in [6.07, 6.45) is 3.10. The highest BCUT2D eigenvalue weighted by Gasteiger charge is 2.10. The number of amides is 1. The molecule has 0 bridgehead atoms. The van der Waals surface area contributed by atoms with Gasteiger partial charge in [-0.05, 0) is 24.3 Å². The normalized spacial score (nSPS) is 10.4. The third-order valence-corrected chi connectivity index (χ3v) is 3.57. The van der Waals surface area contributed by atoms with Crippen molar-refractivity contribution in [2.75, 3.05) is 33.4 Å². The summed E-state index contributed by atoms with van der Waals surface area (Å²) in [6.45, 7) is 0. The molecule has 0 saturated heterocycles. The number of nitrogens with zero attached hydrogens (tertiary/aromatic N) is 1. The Labute approximate surface area is 147 Å². The predicted molar refractivity (Wildman–Crippen MR) is 98.1 cm³/mol. The molecule has 0 aliphatic carbocycles. The molecule has 0 atom stereocenters. The van der Waals surface area contributed by atoms with Crippen LogP contribution in [0.4, 0.5) is 5.69 Å². The van der Waals surface area contributed by atoms with E-state index in [0.29, 0.717) is 22.8 Å². The van der Waals surface area contributed by atoms with E-state index in [-0.39, 0.29) is 5.91 Å². The lowest BCUT2D eigenvalue weighted by Gasteiger charge is -2.19. The summed E-state index contributed by atoms with van der Waals surface area (Å²) in [7, 11) is 6.44. The van der Waals surface area contributed by atoms with Gasteiger partial charge >= 0.3 is 0 Å². The average Bonchev–Trinajstić information content (AvgIpc) is 2.66. The van der Waals surface area contributed by atoms with E-state index < -0.39 is 0 Å². The van der Waals surface area contributed by atoms with Gasteiger partial charge in [0, 0.05) is 24.8 Å². The summed E-state index contributed by atoms with van der Waals surface area (Å²) >= 11 is 0. The summed E-state index contributed by atoms with van der Waals surface area (Å²) in [5, 5.41) is 1.65. The van der Waals surface area contributed by atoms with Crippen molar-refractivity contribution in [3.8, 4) is 17.2 Å². The van der Waals surface area contributed by atoms with Crippen LogP contribution in [-0.4, -0.2) is 34.3 Å². The zero-order valence-electron chi connectivity index (χ0n) is 14.8. The van der Waals surface area contributed by atoms with Crippen LogP contribution in [0.15, 0.2) is 48.5 Å². The molecule has 0 heterocycles. The van der Waals surface area contributed by atoms with Crippen LogP contribution < -0.4 is 24.6 Å². The molecule has 0 aliphatic heterocycles. The molecule has 2 rings (SSSR count). The van der Waals surface area contributed by atoms with Gasteiger partial charge in [-0.3, -0.25) is 15.2 Å². The molecule has 132 valence electrons. The number of rotatable bonds is 7. The van der Waals surface area contributed by atoms with Crippen molar-refractivity contribution in [3.05, 3.63) is 54.1 Å². The number of ether oxygens (including phenoxy) is 3. The number of methoxy groups -OCH3 is 3. The highest BCUT2D eigenvalue weighted by atomic mass is 16.5. The second-order valence-electron chi connectivity index (χ2n) is 5.15. The maximum atomic E-state index is 12.1. The lowest BCUT2D eigenvalue weighted by Crippen LogP contribution is -2.38. The van der Waals surface area contributed by atoms with Crippen LogP contribution >= 0.6 is 0 Å². The number of hydrazine groups is 1. The standard InChI is InChI=1S/C19H22N2O4/c1-21(15-8-6-5-7-9-15)20-19(22)11-10-14-12-17(24-3)18(25-4)13-16(14)23-2/h5-13H,1-4H3,(H,20,22)/b11-10+. The Morgan fingerprint density at radius 3 is 2.16 bits per heavy atom. The molecule has 0 spiro atoms. The molecule has 6 heteroatoms. The molecule has 1 N–H and O–H groups in total. The third-order valence-electron chi connectivity index (χ3n) is 3.57. The topological polar surface area (TPSA) is 60.0 Å². The quantitative estimate of drug-likeness (QED) is 0.619. The van der Waals surface area contributed by atoms with Crippen molar-refractivity contribution >= 4 is 17.7 Å². The lowest BCUT2D eigenvalue weighted by atomic mass is 10.1. The molecule has 0 fully saturated rings. The van der Waals surface area contributed by atoms with Gasteiger partial charge in [-0.1, -0.05) is 18.2 Å². The summed E-state index contributed by atoms with van der Waals surface area (Å²) in [6, 6.07) is 13.0. The Bertz CT molecular complexity index is 745. The number of anilines is 1. The number of hydrogen-bond acceptors (Lipinski definition) is 5. The van der Waals surface area contributed by atoms with Crippen LogP contribution in [0.1, 0.15) is 5.56 Å². The predicted octanol–water partition coefficient (Wildman–Crippen LogP) is 2.89. The van der Waals surface area contributed by atoms with E-state index >= 15 is 0 Å². The molecule has 2 aromatic carbocycles. The van der Waals surface area contributed by atoms with Gasteiger partial charge < -0.3 is 14.2 Å². The average molecular weight is 342 g/mol. The second-order valence-corrected chi connectivity index (χ2v) is 5.15. The summed E-state index contributed by atoms with van der Waals surface area (Å²) in [4.78, 5) is 12.1. The highest BCUT2D eigenvalue weighted by Crippen LogP contribution is 2.35. The minimum absolute atomic E-state index is 0.261. The molecule has 0 unspecified atom stereocenters. The molecule has 2 aromatic rings. The van der Waals surface area contributed by atoms with E-state index in [1.807, 2.05) is 30.3 Å². The van der Waals surface area contributed by atoms with Gasteiger partial charge in [0.15, 0.2) is 11.5 Å². The number of nitrogens with one attached hydrogen (secondary N) is 1. The van der Waals surface area contributed by atoms with Crippen LogP contribution in [-0.2, 0) is 4.79 Å². The molecule has 6 nitrogen and oxygen atoms in total. The van der Waals surface area contributed by atoms with Crippen molar-refractivity contribution in [1.82, 2.24) is 5.43 Å². The van der Waals surface area contributed by atoms with Crippen molar-refractivity contribution < 1.29 is 19.0 Å². The van der Waals surface area contributed by atoms with Crippen molar-refractivity contribution in [1.29, 1.82) is 0 Å². The smallest absolute Gasteiger partial charge is 0.262 e. The third kappa shape index (κ3) is 4.67. The molecule has 25 heavy (non-hydrogen) atoms. The number of hydrogen-bond donors (Lipinski definition) is 1. The largest absolute Gasteiger partial charge is 0.496 e. The van der Waals surface area contributed by atoms with E-state index in [4.69, 9.17) is 14.2 Å². The zero-order chi connectivity index (χ0) is 18.2. The Morgan fingerprint density at radius 2 is 1.56 bits per heavy atom. The van der Waals surface area contributed by atoms with Gasteiger partial charge in [-0.2, -0.15) is 0 Å². The number of benzene rings is 2. The van der Waals surface area contributed by atoms with Gasteiger partial charge in [-0.15, -0.1) is 0 Å². The molecule has 1 amide bonds. The molecular weight excluding hydrogens is 320 g/mol. The number of para-hydroxylation sites is 1. The summed E-state index contributed by atoms with van der Waals surface area (Å²) in [5.41, 5.74) is 4.35. The minimum atomic E-state index is -0.261. The zero-order valence-corrected chi connectivity index (χ0v) is 14.8. The molecule has 0 radical (unpaired) electrons. The molecule has 0 aromatic heterocycles. The first-order valence-corrected chi connectivity index (χ1v) is 7.66. The monoisotopic (exact) mass is 342 g/mol. The van der Waals surface area contributed by atoms with Crippen LogP contribution in [0.3, 0.4) is 0 Å². The van der Waals surface area contributed by atoms with Crippen LogP contribution in [0.2, 0.25) is 0 Å². The minimum Gasteiger partial charge on any atom is -0.496 e. The Hall–Kier alpha value is -3.15. The van der Waals surface area contributed by atoms with Gasteiger partial charge in [0.25, 0.3) is 5.91 Å². The SMILES string of the molecule is COc1cc(OC)c(OC)cc1/C=C/C(=O)NN(C)c1ccccc1. The van der Waals surface area contributed by atoms with Gasteiger partial charge in [0.1, 0.15) is 5.75 Å². The fraction of sp³-hybridized carbons (Fsp3) is 0.211. The Balaban J connectivity index is 2.13. The van der Waals surface area contributed by atoms with Gasteiger partial charge in [0.2, 0.25) is 0 Å².